The van der Waals surface area contributed by atoms with Crippen LogP contribution in [-0.2, 0) is 0 Å². The number of aryl methyl sites for hydroxylation is 2. The summed E-state index contributed by atoms with van der Waals surface area (Å²) in [4.78, 5) is 4.77. The van der Waals surface area contributed by atoms with Crippen molar-refractivity contribution in [3.8, 4) is 11.4 Å². The molecule has 0 saturated carbocycles. The number of rotatable bonds is 5. The monoisotopic (exact) mass is 504 g/mol. The van der Waals surface area contributed by atoms with Crippen molar-refractivity contribution in [3.63, 3.8) is 0 Å². The van der Waals surface area contributed by atoms with Crippen LogP contribution in [0, 0.1) is 13.8 Å². The maximum Gasteiger partial charge on any atom is 0.0669 e. The molecule has 1 atom stereocenters. The molecule has 4 nitrogen and oxygen atoms in total. The molecule has 1 unspecified atom stereocenters. The van der Waals surface area contributed by atoms with E-state index >= 15 is 0 Å². The van der Waals surface area contributed by atoms with Gasteiger partial charge >= 0.3 is 0 Å². The quantitative estimate of drug-likeness (QED) is 0.237. The fourth-order valence-electron chi connectivity index (χ4n) is 5.83. The predicted octanol–water partition coefficient (Wildman–Crippen LogP) is 8.16. The summed E-state index contributed by atoms with van der Waals surface area (Å²) < 4.78 is 4.40. The van der Waals surface area contributed by atoms with E-state index < -0.39 is 0 Å². The lowest BCUT2D eigenvalue weighted by atomic mass is 9.87. The fourth-order valence-corrected chi connectivity index (χ4v) is 5.83. The average Bonchev–Trinajstić information content (AvgIpc) is 3.50. The first-order chi connectivity index (χ1) is 19.2. The van der Waals surface area contributed by atoms with Gasteiger partial charge in [0.15, 0.2) is 0 Å². The van der Waals surface area contributed by atoms with Crippen LogP contribution in [0.15, 0.2) is 128 Å². The van der Waals surface area contributed by atoms with E-state index in [2.05, 4.69) is 127 Å². The predicted molar refractivity (Wildman–Crippen MR) is 159 cm³/mol. The molecule has 0 fully saturated rings. The smallest absolute Gasteiger partial charge is 0.0669 e. The molecule has 3 aromatic heterocycles. The maximum atomic E-state index is 4.77. The van der Waals surface area contributed by atoms with E-state index in [1.165, 1.54) is 32.9 Å². The first-order valence-corrected chi connectivity index (χ1v) is 13.3. The van der Waals surface area contributed by atoms with Gasteiger partial charge in [0, 0.05) is 28.4 Å². The second kappa shape index (κ2) is 9.41. The topological polar surface area (TPSA) is 35.6 Å². The van der Waals surface area contributed by atoms with Crippen LogP contribution in [0.4, 0.5) is 0 Å². The molecular formula is C35H28N4. The SMILES string of the molecule is Cc1cc(C)n(-c2cccc(-n3c4ccccc4c4ccc(C(c5ccccc5)c5ccccn5)cc43)c2)n1. The van der Waals surface area contributed by atoms with Crippen LogP contribution in [0.2, 0.25) is 0 Å². The lowest BCUT2D eigenvalue weighted by Crippen LogP contribution is -2.06. The van der Waals surface area contributed by atoms with E-state index in [9.17, 15) is 0 Å². The Labute approximate surface area is 227 Å². The van der Waals surface area contributed by atoms with E-state index in [-0.39, 0.29) is 5.92 Å². The molecule has 0 aliphatic carbocycles. The molecule has 3 heterocycles. The van der Waals surface area contributed by atoms with Gasteiger partial charge in [-0.1, -0.05) is 72.8 Å². The van der Waals surface area contributed by atoms with E-state index in [1.54, 1.807) is 0 Å². The molecule has 7 aromatic rings. The first kappa shape index (κ1) is 23.2. The minimum atomic E-state index is 0.0318. The summed E-state index contributed by atoms with van der Waals surface area (Å²) in [7, 11) is 0. The molecule has 7 rings (SSSR count). The zero-order valence-electron chi connectivity index (χ0n) is 22.0. The summed E-state index contributed by atoms with van der Waals surface area (Å²) in [5.41, 5.74) is 10.1. The van der Waals surface area contributed by atoms with Crippen LogP contribution >= 0.6 is 0 Å². The Balaban J connectivity index is 1.47. The number of hydrogen-bond donors (Lipinski definition) is 0. The highest BCUT2D eigenvalue weighted by Crippen LogP contribution is 2.37. The Kier molecular flexibility index (Phi) is 5.59. The van der Waals surface area contributed by atoms with E-state index in [4.69, 9.17) is 10.1 Å². The van der Waals surface area contributed by atoms with Crippen molar-refractivity contribution in [2.24, 2.45) is 0 Å². The Hall–Kier alpha value is -4.96. The van der Waals surface area contributed by atoms with Crippen molar-refractivity contribution in [1.82, 2.24) is 19.3 Å². The summed E-state index contributed by atoms with van der Waals surface area (Å²) >= 11 is 0. The lowest BCUT2D eigenvalue weighted by molar-refractivity contribution is 0.832. The highest BCUT2D eigenvalue weighted by atomic mass is 15.3. The largest absolute Gasteiger partial charge is 0.309 e. The number of pyridine rings is 1. The summed E-state index contributed by atoms with van der Waals surface area (Å²) in [5, 5.41) is 7.21. The summed E-state index contributed by atoms with van der Waals surface area (Å²) in [6.45, 7) is 4.13. The highest BCUT2D eigenvalue weighted by molar-refractivity contribution is 6.09. The van der Waals surface area contributed by atoms with Crippen LogP contribution in [0.5, 0.6) is 0 Å². The Morgan fingerprint density at radius 3 is 2.15 bits per heavy atom. The maximum absolute atomic E-state index is 4.77. The molecule has 188 valence electrons. The Bertz CT molecular complexity index is 1890. The molecule has 0 radical (unpaired) electrons. The second-order valence-electron chi connectivity index (χ2n) is 10.1. The fraction of sp³-hybridized carbons (Fsp3) is 0.0857. The zero-order valence-corrected chi connectivity index (χ0v) is 22.0. The summed E-state index contributed by atoms with van der Waals surface area (Å²) in [6.07, 6.45) is 1.88. The molecule has 0 aliphatic heterocycles. The molecule has 0 N–H and O–H groups in total. The van der Waals surface area contributed by atoms with Gasteiger partial charge in [-0.05, 0) is 73.5 Å². The minimum Gasteiger partial charge on any atom is -0.309 e. The molecule has 0 bridgehead atoms. The lowest BCUT2D eigenvalue weighted by Gasteiger charge is -2.18. The molecule has 0 aliphatic rings. The van der Waals surface area contributed by atoms with Crippen molar-refractivity contribution in [1.29, 1.82) is 0 Å². The Morgan fingerprint density at radius 2 is 1.36 bits per heavy atom. The average molecular weight is 505 g/mol. The van der Waals surface area contributed by atoms with Crippen molar-refractivity contribution in [2.75, 3.05) is 0 Å². The van der Waals surface area contributed by atoms with Crippen LogP contribution in [0.25, 0.3) is 33.2 Å². The second-order valence-corrected chi connectivity index (χ2v) is 10.1. The van der Waals surface area contributed by atoms with Crippen LogP contribution in [0.3, 0.4) is 0 Å². The normalized spacial score (nSPS) is 12.3. The van der Waals surface area contributed by atoms with Gasteiger partial charge in [0.1, 0.15) is 0 Å². The summed E-state index contributed by atoms with van der Waals surface area (Å²) in [6, 6.07) is 43.1. The number of benzene rings is 4. The number of nitrogens with zero attached hydrogens (tertiary/aromatic N) is 4. The first-order valence-electron chi connectivity index (χ1n) is 13.3. The number of aromatic nitrogens is 4. The van der Waals surface area contributed by atoms with Crippen molar-refractivity contribution >= 4 is 21.8 Å². The van der Waals surface area contributed by atoms with Gasteiger partial charge < -0.3 is 4.57 Å². The van der Waals surface area contributed by atoms with Gasteiger partial charge in [-0.25, -0.2) is 4.68 Å². The van der Waals surface area contributed by atoms with Crippen LogP contribution in [-0.4, -0.2) is 19.3 Å². The number of fused-ring (bicyclic) bond motifs is 3. The third-order valence-electron chi connectivity index (χ3n) is 7.49. The van der Waals surface area contributed by atoms with E-state index in [1.807, 2.05) is 23.9 Å². The summed E-state index contributed by atoms with van der Waals surface area (Å²) in [5.74, 6) is 0.0318. The number of para-hydroxylation sites is 1. The highest BCUT2D eigenvalue weighted by Gasteiger charge is 2.20. The van der Waals surface area contributed by atoms with Gasteiger partial charge in [0.2, 0.25) is 0 Å². The Morgan fingerprint density at radius 1 is 0.590 bits per heavy atom. The standard InChI is InChI=1S/C35H28N4/c1-24-21-25(2)39(37-24)29-14-10-13-28(23-29)38-33-17-7-6-15-30(33)31-19-18-27(22-34(31)38)35(26-11-4-3-5-12-26)32-16-8-9-20-36-32/h3-23,35H,1-2H3. The minimum absolute atomic E-state index is 0.0318. The zero-order chi connectivity index (χ0) is 26.3. The molecule has 0 amide bonds. The van der Waals surface area contributed by atoms with Gasteiger partial charge in [0.25, 0.3) is 0 Å². The molecule has 4 aromatic carbocycles. The van der Waals surface area contributed by atoms with Crippen molar-refractivity contribution in [3.05, 3.63) is 156 Å². The molecular weight excluding hydrogens is 476 g/mol. The van der Waals surface area contributed by atoms with E-state index in [0.29, 0.717) is 0 Å². The molecule has 39 heavy (non-hydrogen) atoms. The van der Waals surface area contributed by atoms with Gasteiger partial charge in [-0.2, -0.15) is 5.10 Å². The third-order valence-corrected chi connectivity index (χ3v) is 7.49. The third kappa shape index (κ3) is 4.02. The van der Waals surface area contributed by atoms with Gasteiger partial charge in [-0.15, -0.1) is 0 Å². The van der Waals surface area contributed by atoms with Crippen molar-refractivity contribution in [2.45, 2.75) is 19.8 Å². The number of hydrogen-bond acceptors (Lipinski definition) is 2. The van der Waals surface area contributed by atoms with Crippen LogP contribution in [0.1, 0.15) is 34.1 Å². The molecule has 4 heteroatoms. The van der Waals surface area contributed by atoms with E-state index in [0.717, 1.165) is 28.5 Å². The van der Waals surface area contributed by atoms with Crippen LogP contribution < -0.4 is 0 Å². The van der Waals surface area contributed by atoms with Gasteiger partial charge in [-0.3, -0.25) is 4.98 Å². The molecule has 0 saturated heterocycles. The molecule has 0 spiro atoms. The van der Waals surface area contributed by atoms with Crippen molar-refractivity contribution < 1.29 is 0 Å². The van der Waals surface area contributed by atoms with Gasteiger partial charge in [0.05, 0.1) is 34.0 Å².